The number of nitrogens with one attached hydrogen (secondary N) is 1. The van der Waals surface area contributed by atoms with E-state index in [0.29, 0.717) is 12.1 Å². The van der Waals surface area contributed by atoms with Crippen LogP contribution in [-0.4, -0.2) is 25.0 Å². The predicted molar refractivity (Wildman–Crippen MR) is 100 cm³/mol. The van der Waals surface area contributed by atoms with E-state index in [9.17, 15) is 14.0 Å². The predicted octanol–water partition coefficient (Wildman–Crippen LogP) is 3.71. The van der Waals surface area contributed by atoms with Crippen molar-refractivity contribution in [2.45, 2.75) is 38.5 Å². The molecule has 4 aliphatic carbocycles. The fourth-order valence-corrected chi connectivity index (χ4v) is 5.80. The Kier molecular flexibility index (Phi) is 5.02. The van der Waals surface area contributed by atoms with Crippen LogP contribution in [0, 0.1) is 29.0 Å². The maximum Gasteiger partial charge on any atom is 0.331 e. The summed E-state index contributed by atoms with van der Waals surface area (Å²) < 4.78 is 18.1. The number of hydrogen-bond donors (Lipinski definition) is 1. The Balaban J connectivity index is 1.21. The molecule has 0 saturated heterocycles. The Morgan fingerprint density at radius 3 is 2.44 bits per heavy atom. The van der Waals surface area contributed by atoms with E-state index in [-0.39, 0.29) is 23.7 Å². The lowest BCUT2D eigenvalue weighted by molar-refractivity contribution is -0.144. The van der Waals surface area contributed by atoms with Crippen molar-refractivity contribution in [1.82, 2.24) is 5.32 Å². The molecule has 4 saturated carbocycles. The van der Waals surface area contributed by atoms with E-state index >= 15 is 0 Å². The van der Waals surface area contributed by atoms with E-state index in [1.165, 1.54) is 62.8 Å². The van der Waals surface area contributed by atoms with Crippen LogP contribution in [-0.2, 0) is 14.3 Å². The van der Waals surface area contributed by atoms with Gasteiger partial charge in [0.1, 0.15) is 5.82 Å². The Hall–Kier alpha value is -2.17. The van der Waals surface area contributed by atoms with Crippen molar-refractivity contribution >= 4 is 18.0 Å². The normalized spacial score (nSPS) is 31.2. The van der Waals surface area contributed by atoms with Crippen molar-refractivity contribution in [3.8, 4) is 0 Å². The van der Waals surface area contributed by atoms with Gasteiger partial charge in [-0.3, -0.25) is 4.79 Å². The summed E-state index contributed by atoms with van der Waals surface area (Å²) in [5.41, 5.74) is 0.837. The highest BCUT2D eigenvalue weighted by Gasteiger charge is 2.50. The van der Waals surface area contributed by atoms with Crippen molar-refractivity contribution in [3.63, 3.8) is 0 Å². The highest BCUT2D eigenvalue weighted by molar-refractivity contribution is 5.89. The zero-order chi connectivity index (χ0) is 18.9. The number of esters is 1. The maximum absolute atomic E-state index is 13.1. The third-order valence-corrected chi connectivity index (χ3v) is 6.43. The van der Waals surface area contributed by atoms with Crippen molar-refractivity contribution < 1.29 is 18.7 Å². The number of amides is 1. The summed E-state index contributed by atoms with van der Waals surface area (Å²) in [6.45, 7) is 0.421. The topological polar surface area (TPSA) is 55.4 Å². The highest BCUT2D eigenvalue weighted by Crippen LogP contribution is 2.59. The molecular weight excluding hydrogens is 345 g/mol. The largest absolute Gasteiger partial charge is 0.452 e. The van der Waals surface area contributed by atoms with Crippen LogP contribution < -0.4 is 5.32 Å². The molecule has 0 heterocycles. The van der Waals surface area contributed by atoms with E-state index in [1.54, 1.807) is 12.1 Å². The number of halogens is 1. The summed E-state index contributed by atoms with van der Waals surface area (Å²) in [6, 6.07) is 5.91. The smallest absolute Gasteiger partial charge is 0.331 e. The van der Waals surface area contributed by atoms with Gasteiger partial charge in [0.2, 0.25) is 0 Å². The minimum absolute atomic E-state index is 0.252. The Labute approximate surface area is 159 Å². The van der Waals surface area contributed by atoms with Crippen molar-refractivity contribution in [1.29, 1.82) is 0 Å². The van der Waals surface area contributed by atoms with Crippen molar-refractivity contribution in [2.75, 3.05) is 13.2 Å². The van der Waals surface area contributed by atoms with Crippen LogP contribution in [0.25, 0.3) is 6.08 Å². The van der Waals surface area contributed by atoms with Crippen LogP contribution in [0.1, 0.15) is 44.1 Å². The molecule has 0 aliphatic heterocycles. The van der Waals surface area contributed by atoms with E-state index in [2.05, 4.69) is 5.32 Å². The van der Waals surface area contributed by atoms with Crippen molar-refractivity contribution in [3.05, 3.63) is 41.7 Å². The van der Waals surface area contributed by atoms with Crippen LogP contribution in [0.2, 0.25) is 0 Å². The molecule has 1 aromatic carbocycles. The molecule has 0 aromatic heterocycles. The molecule has 5 rings (SSSR count). The quantitative estimate of drug-likeness (QED) is 0.613. The number of benzene rings is 1. The number of ether oxygens (including phenoxy) is 1. The molecule has 1 amide bonds. The van der Waals surface area contributed by atoms with Crippen LogP contribution in [0.15, 0.2) is 30.3 Å². The van der Waals surface area contributed by atoms with Crippen LogP contribution in [0.3, 0.4) is 0 Å². The molecule has 1 aromatic rings. The second-order valence-electron chi connectivity index (χ2n) is 8.69. The molecule has 4 fully saturated rings. The van der Waals surface area contributed by atoms with Gasteiger partial charge in [-0.2, -0.15) is 0 Å². The van der Waals surface area contributed by atoms with E-state index in [4.69, 9.17) is 4.74 Å². The summed E-state index contributed by atoms with van der Waals surface area (Å²) >= 11 is 0. The Bertz CT molecular complexity index is 722. The maximum atomic E-state index is 13.1. The molecule has 4 nitrogen and oxygen atoms in total. The summed E-state index contributed by atoms with van der Waals surface area (Å²) in [5, 5.41) is 2.99. The summed E-state index contributed by atoms with van der Waals surface area (Å²) in [4.78, 5) is 23.8. The molecule has 27 heavy (non-hydrogen) atoms. The highest BCUT2D eigenvalue weighted by atomic mass is 19.1. The third kappa shape index (κ3) is 4.40. The van der Waals surface area contributed by atoms with Gasteiger partial charge in [0.05, 0.1) is 0 Å². The Morgan fingerprint density at radius 2 is 1.81 bits per heavy atom. The molecule has 1 N–H and O–H groups in total. The Morgan fingerprint density at radius 1 is 1.15 bits per heavy atom. The fourth-order valence-electron chi connectivity index (χ4n) is 5.80. The second-order valence-corrected chi connectivity index (χ2v) is 8.69. The molecule has 0 radical (unpaired) electrons. The molecular formula is C22H26FNO3. The van der Waals surface area contributed by atoms with Gasteiger partial charge < -0.3 is 10.1 Å². The minimum Gasteiger partial charge on any atom is -0.452 e. The molecule has 0 spiro atoms. The fraction of sp³-hybridized carbons (Fsp3) is 0.545. The van der Waals surface area contributed by atoms with Gasteiger partial charge in [-0.1, -0.05) is 12.1 Å². The van der Waals surface area contributed by atoms with Crippen LogP contribution in [0.5, 0.6) is 0 Å². The summed E-state index contributed by atoms with van der Waals surface area (Å²) in [5.74, 6) is 1.31. The SMILES string of the molecule is O=C(COC(=O)C=Cc1cccc(F)c1)NCC12CC3CC(CC(C3)C1)C2. The molecule has 0 atom stereocenters. The minimum atomic E-state index is -0.607. The first kappa shape index (κ1) is 18.2. The van der Waals surface area contributed by atoms with Gasteiger partial charge in [0.25, 0.3) is 5.91 Å². The third-order valence-electron chi connectivity index (χ3n) is 6.43. The monoisotopic (exact) mass is 371 g/mol. The van der Waals surface area contributed by atoms with Gasteiger partial charge in [-0.15, -0.1) is 0 Å². The average molecular weight is 371 g/mol. The zero-order valence-electron chi connectivity index (χ0n) is 15.5. The first-order valence-corrected chi connectivity index (χ1v) is 9.87. The molecule has 5 heteroatoms. The number of hydrogen-bond acceptors (Lipinski definition) is 3. The van der Waals surface area contributed by atoms with Gasteiger partial charge in [0.15, 0.2) is 6.61 Å². The first-order valence-electron chi connectivity index (χ1n) is 9.87. The van der Waals surface area contributed by atoms with Crippen LogP contribution in [0.4, 0.5) is 4.39 Å². The molecule has 144 valence electrons. The van der Waals surface area contributed by atoms with Crippen LogP contribution >= 0.6 is 0 Å². The lowest BCUT2D eigenvalue weighted by atomic mass is 9.49. The molecule has 4 aliphatic rings. The van der Waals surface area contributed by atoms with Gasteiger partial charge in [-0.05, 0) is 85.5 Å². The average Bonchev–Trinajstić information content (AvgIpc) is 2.62. The zero-order valence-corrected chi connectivity index (χ0v) is 15.5. The van der Waals surface area contributed by atoms with Gasteiger partial charge in [0, 0.05) is 12.6 Å². The summed E-state index contributed by atoms with van der Waals surface area (Å²) in [7, 11) is 0. The lowest BCUT2D eigenvalue weighted by Crippen LogP contribution is -2.51. The summed E-state index contributed by atoms with van der Waals surface area (Å²) in [6.07, 6.45) is 10.5. The van der Waals surface area contributed by atoms with Gasteiger partial charge in [-0.25, -0.2) is 9.18 Å². The second kappa shape index (κ2) is 7.45. The first-order chi connectivity index (χ1) is 13.0. The lowest BCUT2D eigenvalue weighted by Gasteiger charge is -2.56. The van der Waals surface area contributed by atoms with E-state index in [0.717, 1.165) is 17.8 Å². The van der Waals surface area contributed by atoms with Gasteiger partial charge >= 0.3 is 5.97 Å². The molecule has 0 unspecified atom stereocenters. The standard InChI is InChI=1S/C22H26FNO3/c23-19-3-1-2-15(9-19)4-5-21(26)27-13-20(25)24-14-22-10-16-6-17(11-22)8-18(7-16)12-22/h1-5,9,16-18H,6-8,10-14H2,(H,24,25). The van der Waals surface area contributed by atoms with E-state index in [1.807, 2.05) is 0 Å². The van der Waals surface area contributed by atoms with Crippen molar-refractivity contribution in [2.24, 2.45) is 23.2 Å². The number of rotatable bonds is 6. The van der Waals surface area contributed by atoms with E-state index < -0.39 is 5.97 Å². The number of carbonyl (C=O) groups excluding carboxylic acids is 2. The number of carbonyl (C=O) groups is 2. The molecule has 4 bridgehead atoms.